The van der Waals surface area contributed by atoms with Gasteiger partial charge in [0, 0.05) is 32.0 Å². The van der Waals surface area contributed by atoms with E-state index in [1.54, 1.807) is 12.4 Å². The van der Waals surface area contributed by atoms with Crippen LogP contribution in [0.3, 0.4) is 0 Å². The summed E-state index contributed by atoms with van der Waals surface area (Å²) in [6.45, 7) is 1.65. The van der Waals surface area contributed by atoms with E-state index < -0.39 is 0 Å². The summed E-state index contributed by atoms with van der Waals surface area (Å²) in [4.78, 5) is 8.61. The fourth-order valence-electron chi connectivity index (χ4n) is 1.80. The van der Waals surface area contributed by atoms with Crippen molar-refractivity contribution in [1.29, 1.82) is 0 Å². The molecule has 1 atom stereocenters. The molecule has 4 heteroatoms. The Hall–Kier alpha value is -1.16. The van der Waals surface area contributed by atoms with Crippen molar-refractivity contribution in [2.45, 2.75) is 18.8 Å². The molecule has 0 aromatic carbocycles. The predicted molar refractivity (Wildman–Crippen MR) is 54.4 cm³/mol. The summed E-state index contributed by atoms with van der Waals surface area (Å²) in [7, 11) is 1.87. The van der Waals surface area contributed by atoms with Gasteiger partial charge in [0.25, 0.3) is 0 Å². The molecule has 0 radical (unpaired) electrons. The van der Waals surface area contributed by atoms with Gasteiger partial charge >= 0.3 is 0 Å². The van der Waals surface area contributed by atoms with Gasteiger partial charge in [-0.1, -0.05) is 0 Å². The molecule has 1 fully saturated rings. The van der Waals surface area contributed by atoms with E-state index in [9.17, 15) is 0 Å². The van der Waals surface area contributed by atoms with Crippen molar-refractivity contribution in [3.05, 3.63) is 18.1 Å². The number of hydrogen-bond donors (Lipinski definition) is 1. The molecular formula is C10H15N3O. The molecule has 0 amide bonds. The molecule has 1 saturated heterocycles. The first-order valence-electron chi connectivity index (χ1n) is 4.98. The Labute approximate surface area is 83.7 Å². The fourth-order valence-corrected chi connectivity index (χ4v) is 1.80. The minimum atomic E-state index is 0.403. The summed E-state index contributed by atoms with van der Waals surface area (Å²) in [6, 6.07) is 0. The van der Waals surface area contributed by atoms with Gasteiger partial charge in [0.05, 0.1) is 12.3 Å². The Morgan fingerprint density at radius 2 is 2.29 bits per heavy atom. The molecule has 14 heavy (non-hydrogen) atoms. The maximum Gasteiger partial charge on any atom is 0.147 e. The molecule has 1 unspecified atom stereocenters. The zero-order valence-corrected chi connectivity index (χ0v) is 8.36. The third-order valence-corrected chi connectivity index (χ3v) is 2.51. The highest BCUT2D eigenvalue weighted by atomic mass is 16.5. The zero-order valence-electron chi connectivity index (χ0n) is 8.36. The number of anilines is 1. The molecule has 0 spiro atoms. The van der Waals surface area contributed by atoms with Gasteiger partial charge in [-0.3, -0.25) is 4.98 Å². The SMILES string of the molecule is CNc1nccnc1C1CCCOC1. The average Bonchev–Trinajstić information content (AvgIpc) is 2.30. The molecule has 0 bridgehead atoms. The lowest BCUT2D eigenvalue weighted by molar-refractivity contribution is 0.0794. The van der Waals surface area contributed by atoms with Gasteiger partial charge < -0.3 is 10.1 Å². The lowest BCUT2D eigenvalue weighted by atomic mass is 9.98. The topological polar surface area (TPSA) is 47.0 Å². The van der Waals surface area contributed by atoms with Gasteiger partial charge in [0.2, 0.25) is 0 Å². The van der Waals surface area contributed by atoms with Crippen molar-refractivity contribution >= 4 is 5.82 Å². The van der Waals surface area contributed by atoms with Crippen molar-refractivity contribution in [3.8, 4) is 0 Å². The molecule has 1 aliphatic rings. The van der Waals surface area contributed by atoms with Crippen LogP contribution in [-0.2, 0) is 4.74 Å². The minimum absolute atomic E-state index is 0.403. The van der Waals surface area contributed by atoms with Crippen LogP contribution < -0.4 is 5.32 Å². The van der Waals surface area contributed by atoms with Crippen LogP contribution in [0.15, 0.2) is 12.4 Å². The quantitative estimate of drug-likeness (QED) is 0.771. The van der Waals surface area contributed by atoms with E-state index in [1.165, 1.54) is 0 Å². The van der Waals surface area contributed by atoms with E-state index in [0.29, 0.717) is 5.92 Å². The van der Waals surface area contributed by atoms with Crippen LogP contribution >= 0.6 is 0 Å². The van der Waals surface area contributed by atoms with Gasteiger partial charge in [0.1, 0.15) is 5.82 Å². The molecule has 0 saturated carbocycles. The summed E-state index contributed by atoms with van der Waals surface area (Å²) in [5.41, 5.74) is 1.04. The Morgan fingerprint density at radius 3 is 3.00 bits per heavy atom. The molecular weight excluding hydrogens is 178 g/mol. The third-order valence-electron chi connectivity index (χ3n) is 2.51. The van der Waals surface area contributed by atoms with E-state index in [0.717, 1.165) is 37.6 Å². The van der Waals surface area contributed by atoms with E-state index >= 15 is 0 Å². The van der Waals surface area contributed by atoms with Crippen LogP contribution in [0.5, 0.6) is 0 Å². The Morgan fingerprint density at radius 1 is 1.43 bits per heavy atom. The summed E-state index contributed by atoms with van der Waals surface area (Å²) < 4.78 is 5.44. The molecule has 76 valence electrons. The second-order valence-electron chi connectivity index (χ2n) is 3.45. The van der Waals surface area contributed by atoms with Crippen LogP contribution in [0.2, 0.25) is 0 Å². The third kappa shape index (κ3) is 1.85. The minimum Gasteiger partial charge on any atom is -0.381 e. The van der Waals surface area contributed by atoms with Gasteiger partial charge in [-0.25, -0.2) is 4.98 Å². The second kappa shape index (κ2) is 4.37. The molecule has 4 nitrogen and oxygen atoms in total. The number of nitrogens with zero attached hydrogens (tertiary/aromatic N) is 2. The number of ether oxygens (including phenoxy) is 1. The Bertz CT molecular complexity index is 297. The van der Waals surface area contributed by atoms with Crippen molar-refractivity contribution in [1.82, 2.24) is 9.97 Å². The maximum absolute atomic E-state index is 5.44. The van der Waals surface area contributed by atoms with E-state index in [-0.39, 0.29) is 0 Å². The number of rotatable bonds is 2. The molecule has 2 heterocycles. The lowest BCUT2D eigenvalue weighted by Crippen LogP contribution is -2.18. The summed E-state index contributed by atoms with van der Waals surface area (Å²) in [5.74, 6) is 1.28. The first kappa shape index (κ1) is 9.40. The second-order valence-corrected chi connectivity index (χ2v) is 3.45. The van der Waals surface area contributed by atoms with Crippen molar-refractivity contribution in [2.24, 2.45) is 0 Å². The standard InChI is InChI=1S/C10H15N3O/c1-11-10-9(12-4-5-13-10)8-3-2-6-14-7-8/h4-5,8H,2-3,6-7H2,1H3,(H,11,13). The average molecular weight is 193 g/mol. The van der Waals surface area contributed by atoms with Gasteiger partial charge in [-0.2, -0.15) is 0 Å². The van der Waals surface area contributed by atoms with Gasteiger partial charge in [0.15, 0.2) is 0 Å². The monoisotopic (exact) mass is 193 g/mol. The molecule has 1 aliphatic heterocycles. The fraction of sp³-hybridized carbons (Fsp3) is 0.600. The number of nitrogens with one attached hydrogen (secondary N) is 1. The normalized spacial score (nSPS) is 21.9. The van der Waals surface area contributed by atoms with Crippen molar-refractivity contribution in [2.75, 3.05) is 25.6 Å². The highest BCUT2D eigenvalue weighted by Gasteiger charge is 2.20. The zero-order chi connectivity index (χ0) is 9.80. The predicted octanol–water partition coefficient (Wildman–Crippen LogP) is 1.41. The highest BCUT2D eigenvalue weighted by molar-refractivity contribution is 5.40. The lowest BCUT2D eigenvalue weighted by Gasteiger charge is -2.22. The van der Waals surface area contributed by atoms with Crippen LogP contribution in [0.4, 0.5) is 5.82 Å². The Kier molecular flexibility index (Phi) is 2.93. The maximum atomic E-state index is 5.44. The first-order chi connectivity index (χ1) is 6.92. The van der Waals surface area contributed by atoms with Crippen LogP contribution in [0.1, 0.15) is 24.5 Å². The molecule has 1 aromatic heterocycles. The van der Waals surface area contributed by atoms with E-state index in [2.05, 4.69) is 15.3 Å². The summed E-state index contributed by atoms with van der Waals surface area (Å²) in [6.07, 6.45) is 5.71. The number of aromatic nitrogens is 2. The first-order valence-corrected chi connectivity index (χ1v) is 4.98. The Balaban J connectivity index is 2.20. The molecule has 2 rings (SSSR count). The largest absolute Gasteiger partial charge is 0.381 e. The molecule has 0 aliphatic carbocycles. The van der Waals surface area contributed by atoms with Crippen molar-refractivity contribution in [3.63, 3.8) is 0 Å². The number of hydrogen-bond acceptors (Lipinski definition) is 4. The van der Waals surface area contributed by atoms with E-state index in [1.807, 2.05) is 7.05 Å². The van der Waals surface area contributed by atoms with Crippen molar-refractivity contribution < 1.29 is 4.74 Å². The van der Waals surface area contributed by atoms with Crippen LogP contribution in [-0.4, -0.2) is 30.2 Å². The van der Waals surface area contributed by atoms with Crippen LogP contribution in [0.25, 0.3) is 0 Å². The van der Waals surface area contributed by atoms with Gasteiger partial charge in [-0.15, -0.1) is 0 Å². The highest BCUT2D eigenvalue weighted by Crippen LogP contribution is 2.27. The molecule has 1 N–H and O–H groups in total. The molecule has 1 aromatic rings. The van der Waals surface area contributed by atoms with Gasteiger partial charge in [-0.05, 0) is 12.8 Å². The summed E-state index contributed by atoms with van der Waals surface area (Å²) in [5, 5.41) is 3.06. The summed E-state index contributed by atoms with van der Waals surface area (Å²) >= 11 is 0. The smallest absolute Gasteiger partial charge is 0.147 e. The van der Waals surface area contributed by atoms with Crippen LogP contribution in [0, 0.1) is 0 Å². The van der Waals surface area contributed by atoms with E-state index in [4.69, 9.17) is 4.74 Å².